The zero-order valence-electron chi connectivity index (χ0n) is 7.62. The lowest BCUT2D eigenvalue weighted by Crippen LogP contribution is -2.19. The van der Waals surface area contributed by atoms with Crippen molar-refractivity contribution in [1.82, 2.24) is 0 Å². The van der Waals surface area contributed by atoms with E-state index in [-0.39, 0.29) is 0 Å². The Kier molecular flexibility index (Phi) is 4.40. The van der Waals surface area contributed by atoms with Gasteiger partial charge in [-0.1, -0.05) is 11.8 Å². The third-order valence-electron chi connectivity index (χ3n) is 1.13. The highest BCUT2D eigenvalue weighted by Gasteiger charge is 2.17. The van der Waals surface area contributed by atoms with Crippen LogP contribution in [0.25, 0.3) is 0 Å². The topological polar surface area (TPSA) is 20.2 Å². The molecule has 1 unspecified atom stereocenters. The van der Waals surface area contributed by atoms with Crippen LogP contribution in [0.4, 0.5) is 0 Å². The molecule has 0 aromatic heterocycles. The fraction of sp³-hybridized carbons (Fsp3) is 0.778. The van der Waals surface area contributed by atoms with Crippen LogP contribution < -0.4 is 0 Å². The molecule has 1 atom stereocenters. The second kappa shape index (κ2) is 4.37. The first-order chi connectivity index (χ1) is 5.27. The second-order valence-electron chi connectivity index (χ2n) is 3.58. The van der Waals surface area contributed by atoms with Gasteiger partial charge in [-0.05, 0) is 20.8 Å². The summed E-state index contributed by atoms with van der Waals surface area (Å²) in [5, 5.41) is 9.24. The van der Waals surface area contributed by atoms with Crippen LogP contribution in [0.5, 0.6) is 0 Å². The van der Waals surface area contributed by atoms with Crippen LogP contribution in [-0.4, -0.2) is 21.5 Å². The minimum absolute atomic E-state index is 0.356. The van der Waals surface area contributed by atoms with Crippen molar-refractivity contribution in [3.63, 3.8) is 0 Å². The molecule has 0 rings (SSSR count). The summed E-state index contributed by atoms with van der Waals surface area (Å²) in [4.78, 5) is -0.486. The van der Waals surface area contributed by atoms with Gasteiger partial charge >= 0.3 is 0 Å². The molecule has 0 aliphatic heterocycles. The Morgan fingerprint density at radius 3 is 2.17 bits per heavy atom. The first-order valence-corrected chi connectivity index (χ1v) is 4.65. The Morgan fingerprint density at radius 2 is 1.83 bits per heavy atom. The van der Waals surface area contributed by atoms with Gasteiger partial charge in [0.15, 0.2) is 0 Å². The lowest BCUT2D eigenvalue weighted by atomic mass is 10.1. The number of hydrogen-bond donors (Lipinski definition) is 1. The largest absolute Gasteiger partial charge is 0.378 e. The lowest BCUT2D eigenvalue weighted by molar-refractivity contribution is 0.143. The van der Waals surface area contributed by atoms with Crippen molar-refractivity contribution >= 4 is 23.2 Å². The van der Waals surface area contributed by atoms with Crippen molar-refractivity contribution in [2.75, 3.05) is 5.88 Å². The zero-order chi connectivity index (χ0) is 9.83. The number of alkyl halides is 2. The van der Waals surface area contributed by atoms with Gasteiger partial charge in [-0.2, -0.15) is 0 Å². The van der Waals surface area contributed by atoms with Gasteiger partial charge in [-0.3, -0.25) is 0 Å². The van der Waals surface area contributed by atoms with Crippen LogP contribution in [0.3, 0.4) is 0 Å². The standard InChI is InChI=1S/C9H14Cl2O/c1-8(2,12)5-4-6-9(3,11)7-10/h12H,6-7H2,1-3H3. The Hall–Kier alpha value is 0.100. The average Bonchev–Trinajstić information content (AvgIpc) is 1.84. The first kappa shape index (κ1) is 12.1. The van der Waals surface area contributed by atoms with E-state index in [1.165, 1.54) is 0 Å². The normalized spacial score (nSPS) is 16.2. The van der Waals surface area contributed by atoms with E-state index in [1.807, 2.05) is 6.92 Å². The molecule has 1 N–H and O–H groups in total. The Bertz CT molecular complexity index is 193. The molecule has 0 aromatic rings. The Balaban J connectivity index is 4.03. The van der Waals surface area contributed by atoms with E-state index in [9.17, 15) is 5.11 Å². The van der Waals surface area contributed by atoms with Gasteiger partial charge in [0.25, 0.3) is 0 Å². The Morgan fingerprint density at radius 1 is 1.33 bits per heavy atom. The van der Waals surface area contributed by atoms with Gasteiger partial charge in [0.2, 0.25) is 0 Å². The fourth-order valence-corrected chi connectivity index (χ4v) is 0.653. The van der Waals surface area contributed by atoms with E-state index in [1.54, 1.807) is 13.8 Å². The lowest BCUT2D eigenvalue weighted by Gasteiger charge is -2.14. The van der Waals surface area contributed by atoms with Crippen molar-refractivity contribution in [2.24, 2.45) is 0 Å². The van der Waals surface area contributed by atoms with E-state index in [2.05, 4.69) is 11.8 Å². The van der Waals surface area contributed by atoms with Crippen molar-refractivity contribution in [3.05, 3.63) is 0 Å². The van der Waals surface area contributed by atoms with Crippen LogP contribution in [0, 0.1) is 11.8 Å². The smallest absolute Gasteiger partial charge is 0.119 e. The zero-order valence-corrected chi connectivity index (χ0v) is 9.13. The number of halogens is 2. The second-order valence-corrected chi connectivity index (χ2v) is 4.76. The van der Waals surface area contributed by atoms with Crippen LogP contribution in [0.2, 0.25) is 0 Å². The van der Waals surface area contributed by atoms with Crippen molar-refractivity contribution in [3.8, 4) is 11.8 Å². The quantitative estimate of drug-likeness (QED) is 0.546. The highest BCUT2D eigenvalue weighted by molar-refractivity contribution is 6.30. The molecule has 0 radical (unpaired) electrons. The molecule has 0 saturated heterocycles. The van der Waals surface area contributed by atoms with Crippen molar-refractivity contribution < 1.29 is 5.11 Å². The summed E-state index contributed by atoms with van der Waals surface area (Å²) >= 11 is 11.5. The van der Waals surface area contributed by atoms with E-state index >= 15 is 0 Å². The molecule has 0 fully saturated rings. The fourth-order valence-electron chi connectivity index (χ4n) is 0.492. The third kappa shape index (κ3) is 6.79. The van der Waals surface area contributed by atoms with Crippen LogP contribution in [-0.2, 0) is 0 Å². The number of hydrogen-bond acceptors (Lipinski definition) is 1. The molecule has 70 valence electrons. The summed E-state index contributed by atoms with van der Waals surface area (Å²) in [6, 6.07) is 0. The minimum Gasteiger partial charge on any atom is -0.378 e. The molecule has 1 nitrogen and oxygen atoms in total. The third-order valence-corrected chi connectivity index (χ3v) is 2.12. The van der Waals surface area contributed by atoms with E-state index in [0.717, 1.165) is 0 Å². The van der Waals surface area contributed by atoms with Crippen molar-refractivity contribution in [2.45, 2.75) is 37.7 Å². The van der Waals surface area contributed by atoms with E-state index in [4.69, 9.17) is 23.2 Å². The van der Waals surface area contributed by atoms with E-state index in [0.29, 0.717) is 12.3 Å². The van der Waals surface area contributed by atoms with Gasteiger partial charge in [-0.25, -0.2) is 0 Å². The number of aliphatic hydroxyl groups is 1. The molecular weight excluding hydrogens is 195 g/mol. The van der Waals surface area contributed by atoms with Crippen LogP contribution >= 0.6 is 23.2 Å². The molecule has 0 aliphatic rings. The molecule has 0 spiro atoms. The summed E-state index contributed by atoms with van der Waals surface area (Å²) in [6.45, 7) is 5.08. The first-order valence-electron chi connectivity index (χ1n) is 3.74. The molecule has 0 aliphatic carbocycles. The SMILES string of the molecule is CC(C)(O)C#CCC(C)(Cl)CCl. The number of rotatable bonds is 2. The van der Waals surface area contributed by atoms with Gasteiger partial charge in [0.1, 0.15) is 5.60 Å². The predicted octanol–water partition coefficient (Wildman–Crippen LogP) is 2.39. The molecule has 0 aromatic carbocycles. The molecule has 0 amide bonds. The molecular formula is C9H14Cl2O. The summed E-state index contributed by atoms with van der Waals surface area (Å²) in [5.41, 5.74) is -0.945. The van der Waals surface area contributed by atoms with Gasteiger partial charge < -0.3 is 5.11 Å². The summed E-state index contributed by atoms with van der Waals surface area (Å²) in [6.07, 6.45) is 0.488. The monoisotopic (exact) mass is 208 g/mol. The highest BCUT2D eigenvalue weighted by Crippen LogP contribution is 2.19. The van der Waals surface area contributed by atoms with E-state index < -0.39 is 10.5 Å². The molecule has 3 heteroatoms. The maximum Gasteiger partial charge on any atom is 0.119 e. The maximum atomic E-state index is 9.24. The molecule has 12 heavy (non-hydrogen) atoms. The van der Waals surface area contributed by atoms with Gasteiger partial charge in [0, 0.05) is 12.3 Å². The summed E-state index contributed by atoms with van der Waals surface area (Å²) in [7, 11) is 0. The summed E-state index contributed by atoms with van der Waals surface area (Å²) < 4.78 is 0. The van der Waals surface area contributed by atoms with Crippen LogP contribution in [0.1, 0.15) is 27.2 Å². The van der Waals surface area contributed by atoms with Crippen LogP contribution in [0.15, 0.2) is 0 Å². The highest BCUT2D eigenvalue weighted by atomic mass is 35.5. The average molecular weight is 209 g/mol. The molecule has 0 heterocycles. The van der Waals surface area contributed by atoms with Crippen molar-refractivity contribution in [1.29, 1.82) is 0 Å². The predicted molar refractivity (Wildman–Crippen MR) is 53.7 cm³/mol. The Labute approximate surface area is 84.1 Å². The molecule has 0 saturated carbocycles. The summed E-state index contributed by atoms with van der Waals surface area (Å²) in [5.74, 6) is 5.83. The maximum absolute atomic E-state index is 9.24. The van der Waals surface area contributed by atoms with Gasteiger partial charge in [0.05, 0.1) is 4.87 Å². The minimum atomic E-state index is -0.945. The van der Waals surface area contributed by atoms with Gasteiger partial charge in [-0.15, -0.1) is 23.2 Å². The molecule has 0 bridgehead atoms.